The molecule has 0 bridgehead atoms. The van der Waals surface area contributed by atoms with Crippen molar-refractivity contribution < 1.29 is 24.1 Å². The van der Waals surface area contributed by atoms with Crippen molar-refractivity contribution in [2.24, 2.45) is 0 Å². The molecule has 0 aliphatic rings. The van der Waals surface area contributed by atoms with E-state index >= 15 is 0 Å². The summed E-state index contributed by atoms with van der Waals surface area (Å²) >= 11 is 0. The van der Waals surface area contributed by atoms with Crippen LogP contribution in [0.2, 0.25) is 0 Å². The lowest BCUT2D eigenvalue weighted by Gasteiger charge is -2.32. The lowest BCUT2D eigenvalue weighted by molar-refractivity contribution is 0.200. The van der Waals surface area contributed by atoms with Crippen molar-refractivity contribution >= 4 is 13.9 Å². The van der Waals surface area contributed by atoms with Crippen LogP contribution in [0.3, 0.4) is 0 Å². The fraction of sp³-hybridized carbons (Fsp3) is 0.400. The lowest BCUT2D eigenvalue weighted by atomic mass is 9.95. The summed E-state index contributed by atoms with van der Waals surface area (Å²) in [5.41, 5.74) is 1.27. The number of rotatable bonds is 7. The molecular weight excluding hydrogens is 354 g/mol. The molecule has 6 heteroatoms. The molecule has 2 aromatic carbocycles. The number of ether oxygens (including phenoxy) is 2. The minimum absolute atomic E-state index is 0.0749. The SMILES string of the molecule is CCC(C)(Pc1ccc(F)cc1C(C)O)c1cc(OC)cc(OC)c1O. The first kappa shape index (κ1) is 20.5. The maximum absolute atomic E-state index is 13.6. The molecule has 26 heavy (non-hydrogen) atoms. The third-order valence-corrected chi connectivity index (χ3v) is 6.58. The number of aliphatic hydroxyl groups is 1. The molecule has 4 nitrogen and oxygen atoms in total. The zero-order valence-corrected chi connectivity index (χ0v) is 16.8. The second-order valence-corrected chi connectivity index (χ2v) is 8.34. The number of hydrogen-bond acceptors (Lipinski definition) is 4. The fourth-order valence-corrected chi connectivity index (χ4v) is 4.60. The molecule has 0 aromatic heterocycles. The first-order valence-corrected chi connectivity index (χ1v) is 9.46. The van der Waals surface area contributed by atoms with Gasteiger partial charge in [0.1, 0.15) is 11.6 Å². The number of aliphatic hydroxyl groups excluding tert-OH is 1. The van der Waals surface area contributed by atoms with Gasteiger partial charge in [0.05, 0.1) is 20.3 Å². The van der Waals surface area contributed by atoms with Crippen molar-refractivity contribution in [2.75, 3.05) is 14.2 Å². The monoisotopic (exact) mass is 380 g/mol. The number of methoxy groups -OCH3 is 2. The van der Waals surface area contributed by atoms with Crippen LogP contribution in [-0.2, 0) is 5.16 Å². The van der Waals surface area contributed by atoms with Gasteiger partial charge in [0.15, 0.2) is 11.5 Å². The summed E-state index contributed by atoms with van der Waals surface area (Å²) in [6.07, 6.45) is -0.0471. The van der Waals surface area contributed by atoms with E-state index in [0.717, 1.165) is 11.7 Å². The van der Waals surface area contributed by atoms with E-state index in [-0.39, 0.29) is 20.1 Å². The summed E-state index contributed by atoms with van der Waals surface area (Å²) in [7, 11) is 3.27. The normalized spacial score (nSPS) is 15.0. The van der Waals surface area contributed by atoms with Crippen LogP contribution in [0.5, 0.6) is 17.2 Å². The Kier molecular flexibility index (Phi) is 6.48. The molecule has 2 N–H and O–H groups in total. The lowest BCUT2D eigenvalue weighted by Crippen LogP contribution is -2.21. The van der Waals surface area contributed by atoms with Gasteiger partial charge >= 0.3 is 0 Å². The predicted molar refractivity (Wildman–Crippen MR) is 104 cm³/mol. The highest BCUT2D eigenvalue weighted by molar-refractivity contribution is 7.48. The summed E-state index contributed by atoms with van der Waals surface area (Å²) in [6.45, 7) is 5.69. The Morgan fingerprint density at radius 1 is 1.19 bits per heavy atom. The van der Waals surface area contributed by atoms with Crippen LogP contribution in [0.1, 0.15) is 44.4 Å². The average molecular weight is 380 g/mol. The summed E-state index contributed by atoms with van der Waals surface area (Å²) in [5.74, 6) is 0.636. The second-order valence-electron chi connectivity index (χ2n) is 6.44. The molecule has 0 saturated carbocycles. The summed E-state index contributed by atoms with van der Waals surface area (Å²) in [6, 6.07) is 7.92. The first-order valence-electron chi connectivity index (χ1n) is 8.46. The molecule has 3 unspecified atom stereocenters. The number of phenolic OH excluding ortho intramolecular Hbond substituents is 1. The van der Waals surface area contributed by atoms with Crippen molar-refractivity contribution in [3.63, 3.8) is 0 Å². The largest absolute Gasteiger partial charge is 0.504 e. The van der Waals surface area contributed by atoms with E-state index < -0.39 is 11.3 Å². The Labute approximate surface area is 155 Å². The maximum atomic E-state index is 13.6. The van der Waals surface area contributed by atoms with Gasteiger partial charge < -0.3 is 19.7 Å². The minimum Gasteiger partial charge on any atom is -0.504 e. The standard InChI is InChI=1S/C20H26FO4P/c1-6-20(3,16-10-14(24-4)11-17(25-5)19(16)23)26-18-8-7-13(21)9-15(18)12(2)22/h7-12,22-23,26H,6H2,1-5H3. The Morgan fingerprint density at radius 2 is 1.88 bits per heavy atom. The van der Waals surface area contributed by atoms with Crippen molar-refractivity contribution in [3.05, 3.63) is 47.3 Å². The molecule has 0 aliphatic carbocycles. The van der Waals surface area contributed by atoms with E-state index in [0.29, 0.717) is 22.6 Å². The summed E-state index contributed by atoms with van der Waals surface area (Å²) in [4.78, 5) is 0. The summed E-state index contributed by atoms with van der Waals surface area (Å²) in [5, 5.41) is 21.2. The zero-order chi connectivity index (χ0) is 19.5. The van der Waals surface area contributed by atoms with Gasteiger partial charge in [-0.05, 0) is 42.4 Å². The molecule has 0 saturated heterocycles. The van der Waals surface area contributed by atoms with Gasteiger partial charge in [0, 0.05) is 16.8 Å². The van der Waals surface area contributed by atoms with Crippen molar-refractivity contribution in [1.82, 2.24) is 0 Å². The molecule has 0 heterocycles. The highest BCUT2D eigenvalue weighted by atomic mass is 31.1. The maximum Gasteiger partial charge on any atom is 0.164 e. The molecule has 0 spiro atoms. The Hall–Kier alpha value is -1.84. The average Bonchev–Trinajstić information content (AvgIpc) is 2.63. The molecule has 0 radical (unpaired) electrons. The molecule has 3 atom stereocenters. The highest BCUT2D eigenvalue weighted by Gasteiger charge is 2.31. The number of halogens is 1. The third kappa shape index (κ3) is 4.11. The number of aromatic hydroxyl groups is 1. The first-order chi connectivity index (χ1) is 12.3. The molecule has 0 aliphatic heterocycles. The Bertz CT molecular complexity index is 779. The van der Waals surface area contributed by atoms with Gasteiger partial charge in [-0.25, -0.2) is 4.39 Å². The molecule has 0 fully saturated rings. The van der Waals surface area contributed by atoms with Crippen LogP contribution >= 0.6 is 8.58 Å². The highest BCUT2D eigenvalue weighted by Crippen LogP contribution is 2.51. The topological polar surface area (TPSA) is 58.9 Å². The van der Waals surface area contributed by atoms with E-state index in [9.17, 15) is 14.6 Å². The van der Waals surface area contributed by atoms with E-state index in [1.807, 2.05) is 13.8 Å². The van der Waals surface area contributed by atoms with Crippen LogP contribution in [0.25, 0.3) is 0 Å². The van der Waals surface area contributed by atoms with Gasteiger partial charge in [-0.15, -0.1) is 0 Å². The van der Waals surface area contributed by atoms with Crippen LogP contribution in [0.4, 0.5) is 4.39 Å². The van der Waals surface area contributed by atoms with Gasteiger partial charge in [-0.2, -0.15) is 0 Å². The minimum atomic E-state index is -0.775. The van der Waals surface area contributed by atoms with Crippen LogP contribution in [0, 0.1) is 5.82 Å². The van der Waals surface area contributed by atoms with E-state index in [2.05, 4.69) is 0 Å². The Morgan fingerprint density at radius 3 is 2.42 bits per heavy atom. The van der Waals surface area contributed by atoms with Gasteiger partial charge in [0.2, 0.25) is 0 Å². The van der Waals surface area contributed by atoms with Crippen molar-refractivity contribution in [1.29, 1.82) is 0 Å². The fourth-order valence-electron chi connectivity index (χ4n) is 2.91. The molecule has 2 aromatic rings. The zero-order valence-electron chi connectivity index (χ0n) is 15.8. The van der Waals surface area contributed by atoms with Crippen LogP contribution in [-0.4, -0.2) is 24.4 Å². The number of phenols is 1. The van der Waals surface area contributed by atoms with E-state index in [1.165, 1.54) is 19.2 Å². The van der Waals surface area contributed by atoms with E-state index in [1.54, 1.807) is 32.2 Å². The molecular formula is C20H26FO4P. The summed E-state index contributed by atoms with van der Waals surface area (Å²) < 4.78 is 24.2. The molecule has 142 valence electrons. The smallest absolute Gasteiger partial charge is 0.164 e. The van der Waals surface area contributed by atoms with E-state index in [4.69, 9.17) is 9.47 Å². The van der Waals surface area contributed by atoms with Crippen LogP contribution < -0.4 is 14.8 Å². The Balaban J connectivity index is 2.57. The number of benzene rings is 2. The van der Waals surface area contributed by atoms with Gasteiger partial charge in [-0.1, -0.05) is 28.5 Å². The third-order valence-electron chi connectivity index (χ3n) is 4.68. The predicted octanol–water partition coefficient (Wildman–Crippen LogP) is 4.23. The molecule has 2 rings (SSSR count). The van der Waals surface area contributed by atoms with Gasteiger partial charge in [0.25, 0.3) is 0 Å². The van der Waals surface area contributed by atoms with Crippen molar-refractivity contribution in [2.45, 2.75) is 38.5 Å². The quantitative estimate of drug-likeness (QED) is 0.706. The van der Waals surface area contributed by atoms with Gasteiger partial charge in [-0.3, -0.25) is 0 Å². The van der Waals surface area contributed by atoms with Crippen LogP contribution in [0.15, 0.2) is 30.3 Å². The number of hydrogen-bond donors (Lipinski definition) is 2. The molecule has 0 amide bonds. The second kappa shape index (κ2) is 8.24. The van der Waals surface area contributed by atoms with Crippen molar-refractivity contribution in [3.8, 4) is 17.2 Å².